The molecule has 3 aromatic rings. The molecule has 0 saturated carbocycles. The van der Waals surface area contributed by atoms with E-state index in [1.807, 2.05) is 0 Å². The van der Waals surface area contributed by atoms with Gasteiger partial charge in [0, 0.05) is 12.4 Å². The third-order valence-corrected chi connectivity index (χ3v) is 2.44. The van der Waals surface area contributed by atoms with Crippen molar-refractivity contribution in [1.29, 1.82) is 0 Å². The molecule has 0 saturated heterocycles. The van der Waals surface area contributed by atoms with Crippen LogP contribution in [0, 0.1) is 5.82 Å². The van der Waals surface area contributed by atoms with Gasteiger partial charge in [-0.3, -0.25) is 4.98 Å². The Morgan fingerprint density at radius 1 is 0.944 bits per heavy atom. The van der Waals surface area contributed by atoms with Crippen molar-refractivity contribution < 1.29 is 8.81 Å². The van der Waals surface area contributed by atoms with Crippen LogP contribution in [0.1, 0.15) is 0 Å². The summed E-state index contributed by atoms with van der Waals surface area (Å²) in [6.07, 6.45) is 3.26. The Morgan fingerprint density at radius 3 is 2.56 bits per heavy atom. The van der Waals surface area contributed by atoms with Crippen LogP contribution in [0.4, 0.5) is 4.39 Å². The predicted octanol–water partition coefficient (Wildman–Crippen LogP) is 2.94. The second-order valence-electron chi connectivity index (χ2n) is 3.63. The van der Waals surface area contributed by atoms with E-state index in [9.17, 15) is 4.39 Å². The molecule has 0 aliphatic carbocycles. The lowest BCUT2D eigenvalue weighted by Crippen LogP contribution is -1.82. The number of hydrogen-bond acceptors (Lipinski definition) is 4. The van der Waals surface area contributed by atoms with E-state index >= 15 is 0 Å². The summed E-state index contributed by atoms with van der Waals surface area (Å²) < 4.78 is 19.0. The van der Waals surface area contributed by atoms with Crippen LogP contribution < -0.4 is 0 Å². The molecule has 88 valence electrons. The number of rotatable bonds is 2. The summed E-state index contributed by atoms with van der Waals surface area (Å²) in [6, 6.07) is 9.83. The normalized spacial score (nSPS) is 10.5. The van der Waals surface area contributed by atoms with E-state index in [0.717, 1.165) is 0 Å². The van der Waals surface area contributed by atoms with E-state index in [0.29, 0.717) is 17.0 Å². The number of halogens is 1. The van der Waals surface area contributed by atoms with Crippen molar-refractivity contribution >= 4 is 0 Å². The van der Waals surface area contributed by atoms with E-state index in [2.05, 4.69) is 15.2 Å². The number of pyridine rings is 1. The van der Waals surface area contributed by atoms with Crippen molar-refractivity contribution in [2.24, 2.45) is 0 Å². The fraction of sp³-hybridized carbons (Fsp3) is 0. The molecule has 0 N–H and O–H groups in total. The summed E-state index contributed by atoms with van der Waals surface area (Å²) >= 11 is 0. The fourth-order valence-electron chi connectivity index (χ4n) is 1.57. The molecule has 2 heterocycles. The molecule has 3 rings (SSSR count). The zero-order valence-corrected chi connectivity index (χ0v) is 9.25. The zero-order chi connectivity index (χ0) is 12.4. The quantitative estimate of drug-likeness (QED) is 0.692. The van der Waals surface area contributed by atoms with Crippen molar-refractivity contribution in [3.05, 3.63) is 54.6 Å². The topological polar surface area (TPSA) is 51.8 Å². The molecule has 18 heavy (non-hydrogen) atoms. The second kappa shape index (κ2) is 4.37. The monoisotopic (exact) mass is 241 g/mol. The summed E-state index contributed by atoms with van der Waals surface area (Å²) in [4.78, 5) is 3.96. The van der Waals surface area contributed by atoms with E-state index in [4.69, 9.17) is 4.42 Å². The van der Waals surface area contributed by atoms with Crippen LogP contribution >= 0.6 is 0 Å². The molecule has 0 atom stereocenters. The van der Waals surface area contributed by atoms with Gasteiger partial charge in [0.25, 0.3) is 5.89 Å². The average Bonchev–Trinajstić information content (AvgIpc) is 2.90. The first-order chi connectivity index (χ1) is 8.84. The van der Waals surface area contributed by atoms with Crippen molar-refractivity contribution in [2.75, 3.05) is 0 Å². The Balaban J connectivity index is 2.03. The molecule has 0 amide bonds. The Labute approximate surface area is 102 Å². The van der Waals surface area contributed by atoms with Crippen LogP contribution in [-0.4, -0.2) is 15.2 Å². The second-order valence-corrected chi connectivity index (χ2v) is 3.63. The maximum atomic E-state index is 13.5. The van der Waals surface area contributed by atoms with E-state index in [1.54, 1.807) is 42.7 Å². The van der Waals surface area contributed by atoms with Gasteiger partial charge in [0.1, 0.15) is 5.82 Å². The van der Waals surface area contributed by atoms with Gasteiger partial charge in [0.05, 0.1) is 11.1 Å². The first-order valence-electron chi connectivity index (χ1n) is 5.33. The Bertz CT molecular complexity index is 667. The van der Waals surface area contributed by atoms with E-state index < -0.39 is 0 Å². The lowest BCUT2D eigenvalue weighted by Gasteiger charge is -1.95. The highest BCUT2D eigenvalue weighted by atomic mass is 19.1. The number of nitrogens with zero attached hydrogens (tertiary/aromatic N) is 3. The average molecular weight is 241 g/mol. The van der Waals surface area contributed by atoms with E-state index in [-0.39, 0.29) is 11.7 Å². The van der Waals surface area contributed by atoms with E-state index in [1.165, 1.54) is 6.07 Å². The van der Waals surface area contributed by atoms with Crippen molar-refractivity contribution in [3.8, 4) is 22.9 Å². The Kier molecular flexibility index (Phi) is 2.57. The third kappa shape index (κ3) is 1.86. The zero-order valence-electron chi connectivity index (χ0n) is 9.25. The van der Waals surface area contributed by atoms with Gasteiger partial charge in [-0.15, -0.1) is 10.2 Å². The summed E-state index contributed by atoms with van der Waals surface area (Å²) in [5.74, 6) is 0.0900. The molecule has 0 unspecified atom stereocenters. The van der Waals surface area contributed by atoms with Gasteiger partial charge in [-0.1, -0.05) is 12.1 Å². The van der Waals surface area contributed by atoms with Crippen LogP contribution in [0.15, 0.2) is 53.2 Å². The molecule has 4 nitrogen and oxygen atoms in total. The molecule has 2 aromatic heterocycles. The highest BCUT2D eigenvalue weighted by molar-refractivity contribution is 5.57. The van der Waals surface area contributed by atoms with Crippen LogP contribution in [0.2, 0.25) is 0 Å². The van der Waals surface area contributed by atoms with Gasteiger partial charge in [-0.2, -0.15) is 0 Å². The minimum atomic E-state index is -0.390. The summed E-state index contributed by atoms with van der Waals surface area (Å²) in [6.45, 7) is 0. The van der Waals surface area contributed by atoms with Gasteiger partial charge in [0.2, 0.25) is 5.89 Å². The SMILES string of the molecule is Fc1ccccc1-c1nnc(-c2cccnc2)o1. The molecule has 0 aliphatic rings. The molecule has 1 aromatic carbocycles. The molecule has 0 aliphatic heterocycles. The number of aromatic nitrogens is 3. The van der Waals surface area contributed by atoms with Gasteiger partial charge in [0.15, 0.2) is 0 Å². The highest BCUT2D eigenvalue weighted by Crippen LogP contribution is 2.24. The van der Waals surface area contributed by atoms with Crippen LogP contribution in [0.3, 0.4) is 0 Å². The van der Waals surface area contributed by atoms with Crippen molar-refractivity contribution in [3.63, 3.8) is 0 Å². The highest BCUT2D eigenvalue weighted by Gasteiger charge is 2.13. The summed E-state index contributed by atoms with van der Waals surface area (Å²) in [7, 11) is 0. The maximum Gasteiger partial charge on any atom is 0.251 e. The summed E-state index contributed by atoms with van der Waals surface area (Å²) in [5, 5.41) is 7.72. The molecule has 0 radical (unpaired) electrons. The number of benzene rings is 1. The molecular formula is C13H8FN3O. The molecular weight excluding hydrogens is 233 g/mol. The van der Waals surface area contributed by atoms with Gasteiger partial charge >= 0.3 is 0 Å². The van der Waals surface area contributed by atoms with Crippen molar-refractivity contribution in [2.45, 2.75) is 0 Å². The summed E-state index contributed by atoms with van der Waals surface area (Å²) in [5.41, 5.74) is 0.993. The lowest BCUT2D eigenvalue weighted by molar-refractivity contribution is 0.570. The third-order valence-electron chi connectivity index (χ3n) is 2.44. The van der Waals surface area contributed by atoms with Crippen LogP contribution in [0.5, 0.6) is 0 Å². The maximum absolute atomic E-state index is 13.5. The minimum absolute atomic E-state index is 0.159. The lowest BCUT2D eigenvalue weighted by atomic mass is 10.2. The number of hydrogen-bond donors (Lipinski definition) is 0. The minimum Gasteiger partial charge on any atom is -0.416 e. The predicted molar refractivity (Wildman–Crippen MR) is 62.9 cm³/mol. The molecule has 0 fully saturated rings. The standard InChI is InChI=1S/C13H8FN3O/c14-11-6-2-1-5-10(11)13-17-16-12(18-13)9-4-3-7-15-8-9/h1-8H. The Morgan fingerprint density at radius 2 is 1.78 bits per heavy atom. The fourth-order valence-corrected chi connectivity index (χ4v) is 1.57. The van der Waals surface area contributed by atoms with Gasteiger partial charge < -0.3 is 4.42 Å². The largest absolute Gasteiger partial charge is 0.416 e. The van der Waals surface area contributed by atoms with Gasteiger partial charge in [-0.05, 0) is 24.3 Å². The molecule has 0 spiro atoms. The molecule has 5 heteroatoms. The smallest absolute Gasteiger partial charge is 0.251 e. The van der Waals surface area contributed by atoms with Crippen LogP contribution in [0.25, 0.3) is 22.9 Å². The van der Waals surface area contributed by atoms with Crippen molar-refractivity contribution in [1.82, 2.24) is 15.2 Å². The van der Waals surface area contributed by atoms with Gasteiger partial charge in [-0.25, -0.2) is 4.39 Å². The van der Waals surface area contributed by atoms with Crippen LogP contribution in [-0.2, 0) is 0 Å². The first kappa shape index (κ1) is 10.6. The Hall–Kier alpha value is -2.56. The first-order valence-corrected chi connectivity index (χ1v) is 5.33. The molecule has 0 bridgehead atoms.